The van der Waals surface area contributed by atoms with Crippen LogP contribution in [0, 0.1) is 0 Å². The first-order valence-corrected chi connectivity index (χ1v) is 8.62. The predicted octanol–water partition coefficient (Wildman–Crippen LogP) is 2.53. The molecule has 0 spiro atoms. The molecule has 0 radical (unpaired) electrons. The minimum atomic E-state index is -0.317. The summed E-state index contributed by atoms with van der Waals surface area (Å²) >= 11 is 5.96. The van der Waals surface area contributed by atoms with Crippen molar-refractivity contribution in [2.45, 2.75) is 32.2 Å². The summed E-state index contributed by atoms with van der Waals surface area (Å²) in [6.45, 7) is 4.85. The maximum atomic E-state index is 12.2. The van der Waals surface area contributed by atoms with E-state index in [0.29, 0.717) is 29.9 Å². The van der Waals surface area contributed by atoms with E-state index in [1.165, 1.54) is 6.42 Å². The number of carbonyl (C=O) groups is 1. The molecule has 0 unspecified atom stereocenters. The second kappa shape index (κ2) is 7.77. The van der Waals surface area contributed by atoms with E-state index in [-0.39, 0.29) is 11.8 Å². The zero-order valence-electron chi connectivity index (χ0n) is 13.7. The molecule has 0 bridgehead atoms. The normalized spacial score (nSPS) is 18.0. The van der Waals surface area contributed by atoms with Crippen molar-refractivity contribution in [3.05, 3.63) is 46.6 Å². The Morgan fingerprint density at radius 1 is 1.46 bits per heavy atom. The molecule has 1 amide bonds. The minimum absolute atomic E-state index is 0.00748. The number of likely N-dealkylation sites (tertiary alicyclic amines) is 1. The molecule has 0 saturated carbocycles. The van der Waals surface area contributed by atoms with E-state index >= 15 is 0 Å². The van der Waals surface area contributed by atoms with Gasteiger partial charge in [0.05, 0.1) is 6.42 Å². The van der Waals surface area contributed by atoms with Gasteiger partial charge in [0.1, 0.15) is 0 Å². The summed E-state index contributed by atoms with van der Waals surface area (Å²) in [6.07, 6.45) is 2.74. The molecule has 1 aromatic heterocycles. The van der Waals surface area contributed by atoms with Crippen LogP contribution >= 0.6 is 11.6 Å². The van der Waals surface area contributed by atoms with E-state index < -0.39 is 0 Å². The van der Waals surface area contributed by atoms with Crippen LogP contribution in [0.3, 0.4) is 0 Å². The third-order valence-electron chi connectivity index (χ3n) is 4.31. The summed E-state index contributed by atoms with van der Waals surface area (Å²) < 4.78 is 5.47. The molecule has 2 heterocycles. The van der Waals surface area contributed by atoms with Crippen LogP contribution in [-0.4, -0.2) is 46.7 Å². The maximum Gasteiger partial charge on any atom is 0.308 e. The van der Waals surface area contributed by atoms with Gasteiger partial charge in [0.15, 0.2) is 0 Å². The Morgan fingerprint density at radius 3 is 3.12 bits per heavy atom. The van der Waals surface area contributed by atoms with Crippen LogP contribution in [0.1, 0.15) is 41.9 Å². The number of nitrogens with zero attached hydrogens (tertiary/aromatic N) is 3. The van der Waals surface area contributed by atoms with Crippen LogP contribution in [0.5, 0.6) is 0 Å². The third kappa shape index (κ3) is 4.13. The molecule has 1 aliphatic heterocycles. The van der Waals surface area contributed by atoms with Crippen LogP contribution < -0.4 is 5.32 Å². The van der Waals surface area contributed by atoms with E-state index in [4.69, 9.17) is 16.0 Å². The molecule has 1 aromatic carbocycles. The van der Waals surface area contributed by atoms with Crippen LogP contribution in [0.2, 0.25) is 5.02 Å². The third-order valence-corrected chi connectivity index (χ3v) is 4.54. The summed E-state index contributed by atoms with van der Waals surface area (Å²) in [5.41, 5.74) is 0.961. The number of carbonyl (C=O) groups excluding carboxylic acids is 1. The van der Waals surface area contributed by atoms with Gasteiger partial charge in [0.2, 0.25) is 5.89 Å². The van der Waals surface area contributed by atoms with Crippen LogP contribution in [-0.2, 0) is 6.42 Å². The first-order valence-electron chi connectivity index (χ1n) is 8.24. The summed E-state index contributed by atoms with van der Waals surface area (Å²) in [5.74, 6) is 0.0920. The Bertz CT molecular complexity index is 703. The maximum absolute atomic E-state index is 12.2. The van der Waals surface area contributed by atoms with Crippen molar-refractivity contribution in [1.82, 2.24) is 20.4 Å². The van der Waals surface area contributed by atoms with Crippen molar-refractivity contribution in [3.8, 4) is 0 Å². The standard InChI is InChI=1S/C17H21ClN4O2/c1-2-22-8-4-7-14(22)11-19-16(23)17-21-20-15(24-17)10-12-5-3-6-13(18)9-12/h3,5-6,9,14H,2,4,7-8,10-11H2,1H3,(H,19,23)/t14-/m1/s1. The van der Waals surface area contributed by atoms with Gasteiger partial charge in [-0.05, 0) is 43.6 Å². The fraction of sp³-hybridized carbons (Fsp3) is 0.471. The van der Waals surface area contributed by atoms with E-state index in [1.54, 1.807) is 6.07 Å². The molecule has 1 N–H and O–H groups in total. The highest BCUT2D eigenvalue weighted by Crippen LogP contribution is 2.16. The van der Waals surface area contributed by atoms with Crippen molar-refractivity contribution in [3.63, 3.8) is 0 Å². The number of nitrogens with one attached hydrogen (secondary N) is 1. The van der Waals surface area contributed by atoms with E-state index in [0.717, 1.165) is 25.1 Å². The predicted molar refractivity (Wildman–Crippen MR) is 91.2 cm³/mol. The van der Waals surface area contributed by atoms with Gasteiger partial charge < -0.3 is 9.73 Å². The van der Waals surface area contributed by atoms with Gasteiger partial charge in [-0.2, -0.15) is 0 Å². The van der Waals surface area contributed by atoms with Crippen molar-refractivity contribution >= 4 is 17.5 Å². The molecule has 128 valence electrons. The van der Waals surface area contributed by atoms with Gasteiger partial charge in [0.25, 0.3) is 0 Å². The number of benzene rings is 1. The minimum Gasteiger partial charge on any atom is -0.417 e. The summed E-state index contributed by atoms with van der Waals surface area (Å²) in [5, 5.41) is 11.3. The van der Waals surface area contributed by atoms with Crippen LogP contribution in [0.15, 0.2) is 28.7 Å². The Labute approximate surface area is 146 Å². The first kappa shape index (κ1) is 16.9. The largest absolute Gasteiger partial charge is 0.417 e. The van der Waals surface area contributed by atoms with Crippen molar-refractivity contribution in [2.24, 2.45) is 0 Å². The highest BCUT2D eigenvalue weighted by Gasteiger charge is 2.24. The van der Waals surface area contributed by atoms with E-state index in [9.17, 15) is 4.79 Å². The monoisotopic (exact) mass is 348 g/mol. The van der Waals surface area contributed by atoms with E-state index in [2.05, 4.69) is 27.3 Å². The highest BCUT2D eigenvalue weighted by atomic mass is 35.5. The average Bonchev–Trinajstić information content (AvgIpc) is 3.21. The molecule has 1 fully saturated rings. The lowest BCUT2D eigenvalue weighted by molar-refractivity contribution is 0.0905. The molecule has 6 nitrogen and oxygen atoms in total. The number of hydrogen-bond acceptors (Lipinski definition) is 5. The smallest absolute Gasteiger partial charge is 0.308 e. The molecule has 1 aliphatic rings. The van der Waals surface area contributed by atoms with Crippen molar-refractivity contribution < 1.29 is 9.21 Å². The van der Waals surface area contributed by atoms with Gasteiger partial charge in [-0.15, -0.1) is 10.2 Å². The van der Waals surface area contributed by atoms with Gasteiger partial charge in [-0.3, -0.25) is 9.69 Å². The fourth-order valence-electron chi connectivity index (χ4n) is 3.07. The van der Waals surface area contributed by atoms with Crippen molar-refractivity contribution in [1.29, 1.82) is 0 Å². The first-order chi connectivity index (χ1) is 11.7. The highest BCUT2D eigenvalue weighted by molar-refractivity contribution is 6.30. The number of likely N-dealkylation sites (N-methyl/N-ethyl adjacent to an activating group) is 1. The van der Waals surface area contributed by atoms with Gasteiger partial charge in [-0.25, -0.2) is 0 Å². The molecule has 1 atom stereocenters. The van der Waals surface area contributed by atoms with Crippen LogP contribution in [0.25, 0.3) is 0 Å². The van der Waals surface area contributed by atoms with Crippen LogP contribution in [0.4, 0.5) is 0 Å². The number of halogens is 1. The van der Waals surface area contributed by atoms with E-state index in [1.807, 2.05) is 18.2 Å². The molecule has 1 saturated heterocycles. The van der Waals surface area contributed by atoms with Crippen molar-refractivity contribution in [2.75, 3.05) is 19.6 Å². The molecule has 2 aromatic rings. The number of aromatic nitrogens is 2. The number of rotatable bonds is 6. The lowest BCUT2D eigenvalue weighted by atomic mass is 10.1. The lowest BCUT2D eigenvalue weighted by Gasteiger charge is -2.22. The lowest BCUT2D eigenvalue weighted by Crippen LogP contribution is -2.40. The number of hydrogen-bond donors (Lipinski definition) is 1. The molecule has 3 rings (SSSR count). The Balaban J connectivity index is 1.55. The Hall–Kier alpha value is -1.92. The molecular formula is C17H21ClN4O2. The second-order valence-corrected chi connectivity index (χ2v) is 6.38. The SMILES string of the molecule is CCN1CCC[C@@H]1CNC(=O)c1nnc(Cc2cccc(Cl)c2)o1. The summed E-state index contributed by atoms with van der Waals surface area (Å²) in [4.78, 5) is 14.5. The zero-order valence-corrected chi connectivity index (χ0v) is 14.4. The van der Waals surface area contributed by atoms with Gasteiger partial charge in [-0.1, -0.05) is 30.7 Å². The molecule has 0 aliphatic carbocycles. The fourth-order valence-corrected chi connectivity index (χ4v) is 3.28. The Kier molecular flexibility index (Phi) is 5.48. The molecule has 7 heteroatoms. The Morgan fingerprint density at radius 2 is 2.33 bits per heavy atom. The second-order valence-electron chi connectivity index (χ2n) is 5.94. The summed E-state index contributed by atoms with van der Waals surface area (Å²) in [6, 6.07) is 7.83. The number of amides is 1. The molecule has 24 heavy (non-hydrogen) atoms. The zero-order chi connectivity index (χ0) is 16.9. The molecular weight excluding hydrogens is 328 g/mol. The van der Waals surface area contributed by atoms with Gasteiger partial charge >= 0.3 is 11.8 Å². The summed E-state index contributed by atoms with van der Waals surface area (Å²) in [7, 11) is 0. The average molecular weight is 349 g/mol. The van der Waals surface area contributed by atoms with Gasteiger partial charge in [0, 0.05) is 17.6 Å². The topological polar surface area (TPSA) is 71.3 Å². The quantitative estimate of drug-likeness (QED) is 0.868.